The average molecular weight is 296 g/mol. The van der Waals surface area contributed by atoms with Gasteiger partial charge in [-0.1, -0.05) is 54.1 Å². The molecule has 3 rings (SSSR count). The molecule has 0 unspecified atom stereocenters. The van der Waals surface area contributed by atoms with Gasteiger partial charge in [-0.15, -0.1) is 0 Å². The molecule has 0 spiro atoms. The molecular weight excluding hydrogens is 282 g/mol. The minimum absolute atomic E-state index is 0.537. The first-order valence-corrected chi connectivity index (χ1v) is 7.10. The van der Waals surface area contributed by atoms with Gasteiger partial charge in [0.2, 0.25) is 5.88 Å². The predicted octanol–water partition coefficient (Wildman–Crippen LogP) is 5.12. The van der Waals surface area contributed by atoms with Gasteiger partial charge in [0, 0.05) is 12.3 Å². The lowest BCUT2D eigenvalue weighted by Gasteiger charge is -2.06. The highest BCUT2D eigenvalue weighted by Gasteiger charge is 2.00. The third-order valence-electron chi connectivity index (χ3n) is 3.10. The monoisotopic (exact) mass is 295 g/mol. The Hall–Kier alpha value is -2.32. The molecule has 3 heteroatoms. The summed E-state index contributed by atoms with van der Waals surface area (Å²) in [5.41, 5.74) is 2.54. The molecule has 0 aliphatic heterocycles. The number of ether oxygens (including phenoxy) is 1. The lowest BCUT2D eigenvalue weighted by molar-refractivity contribution is 0.463. The molecule has 21 heavy (non-hydrogen) atoms. The number of halogens is 1. The van der Waals surface area contributed by atoms with Gasteiger partial charge < -0.3 is 4.74 Å². The molecule has 2 aromatic carbocycles. The van der Waals surface area contributed by atoms with Crippen molar-refractivity contribution in [2.45, 2.75) is 6.42 Å². The average Bonchev–Trinajstić information content (AvgIpc) is 2.53. The molecule has 0 N–H and O–H groups in total. The van der Waals surface area contributed by atoms with Crippen molar-refractivity contribution in [1.82, 2.24) is 4.98 Å². The molecule has 0 amide bonds. The van der Waals surface area contributed by atoms with Crippen molar-refractivity contribution in [1.29, 1.82) is 0 Å². The first kappa shape index (κ1) is 13.7. The van der Waals surface area contributed by atoms with Crippen LogP contribution in [0.3, 0.4) is 0 Å². The number of nitrogens with zero attached hydrogens (tertiary/aromatic N) is 1. The molecule has 0 radical (unpaired) electrons. The molecule has 0 aliphatic rings. The van der Waals surface area contributed by atoms with Crippen LogP contribution in [0, 0.1) is 0 Å². The van der Waals surface area contributed by atoms with E-state index in [-0.39, 0.29) is 0 Å². The van der Waals surface area contributed by atoms with Crippen molar-refractivity contribution in [3.05, 3.63) is 89.1 Å². The normalized spacial score (nSPS) is 10.3. The van der Waals surface area contributed by atoms with E-state index >= 15 is 0 Å². The Labute approximate surface area is 129 Å². The smallest absolute Gasteiger partial charge is 0.219 e. The third kappa shape index (κ3) is 3.83. The zero-order chi connectivity index (χ0) is 14.5. The van der Waals surface area contributed by atoms with Gasteiger partial charge in [0.1, 0.15) is 5.75 Å². The summed E-state index contributed by atoms with van der Waals surface area (Å²) in [6.07, 6.45) is 2.49. The Morgan fingerprint density at radius 3 is 2.19 bits per heavy atom. The first-order chi connectivity index (χ1) is 10.3. The maximum Gasteiger partial charge on any atom is 0.219 e. The van der Waals surface area contributed by atoms with Crippen LogP contribution in [-0.4, -0.2) is 4.98 Å². The van der Waals surface area contributed by atoms with Gasteiger partial charge in [-0.05, 0) is 35.7 Å². The van der Waals surface area contributed by atoms with Crippen LogP contribution in [0.5, 0.6) is 11.6 Å². The molecular formula is C18H14ClNO. The van der Waals surface area contributed by atoms with Gasteiger partial charge in [0.25, 0.3) is 0 Å². The summed E-state index contributed by atoms with van der Waals surface area (Å²) in [4.78, 5) is 4.11. The van der Waals surface area contributed by atoms with E-state index in [9.17, 15) is 0 Å². The molecule has 0 saturated carbocycles. The van der Waals surface area contributed by atoms with Crippen molar-refractivity contribution < 1.29 is 4.74 Å². The lowest BCUT2D eigenvalue weighted by atomic mass is 10.1. The van der Waals surface area contributed by atoms with Crippen LogP contribution in [0.2, 0.25) is 5.02 Å². The molecule has 0 atom stereocenters. The van der Waals surface area contributed by atoms with Crippen LogP contribution in [0.4, 0.5) is 0 Å². The second-order valence-corrected chi connectivity index (χ2v) is 5.16. The largest absolute Gasteiger partial charge is 0.439 e. The molecule has 2 nitrogen and oxygen atoms in total. The van der Waals surface area contributed by atoms with E-state index in [1.54, 1.807) is 18.3 Å². The van der Waals surface area contributed by atoms with Crippen LogP contribution >= 0.6 is 11.6 Å². The molecule has 104 valence electrons. The Bertz CT molecular complexity index is 694. The summed E-state index contributed by atoms with van der Waals surface area (Å²) in [7, 11) is 0. The van der Waals surface area contributed by atoms with Crippen LogP contribution in [0.15, 0.2) is 72.9 Å². The Balaban J connectivity index is 1.68. The highest BCUT2D eigenvalue weighted by Crippen LogP contribution is 2.21. The van der Waals surface area contributed by atoms with Crippen molar-refractivity contribution >= 4 is 11.6 Å². The second-order valence-electron chi connectivity index (χ2n) is 4.72. The topological polar surface area (TPSA) is 22.1 Å². The fraction of sp³-hybridized carbons (Fsp3) is 0.0556. The number of rotatable bonds is 4. The highest BCUT2D eigenvalue weighted by molar-refractivity contribution is 6.30. The maximum atomic E-state index is 5.79. The number of aromatic nitrogens is 1. The van der Waals surface area contributed by atoms with Crippen molar-refractivity contribution in [2.75, 3.05) is 0 Å². The zero-order valence-electron chi connectivity index (χ0n) is 11.4. The molecule has 0 bridgehead atoms. The summed E-state index contributed by atoms with van der Waals surface area (Å²) in [6.45, 7) is 0. The van der Waals surface area contributed by atoms with E-state index in [1.165, 1.54) is 11.1 Å². The quantitative estimate of drug-likeness (QED) is 0.666. The van der Waals surface area contributed by atoms with Crippen LogP contribution in [-0.2, 0) is 6.42 Å². The number of hydrogen-bond donors (Lipinski definition) is 0. The fourth-order valence-corrected chi connectivity index (χ4v) is 2.16. The lowest BCUT2D eigenvalue weighted by Crippen LogP contribution is -1.90. The van der Waals surface area contributed by atoms with E-state index in [4.69, 9.17) is 16.3 Å². The highest BCUT2D eigenvalue weighted by atomic mass is 35.5. The molecule has 1 aromatic heterocycles. The van der Waals surface area contributed by atoms with Crippen molar-refractivity contribution in [3.63, 3.8) is 0 Å². The summed E-state index contributed by atoms with van der Waals surface area (Å²) >= 11 is 5.79. The van der Waals surface area contributed by atoms with Gasteiger partial charge >= 0.3 is 0 Å². The van der Waals surface area contributed by atoms with Crippen LogP contribution in [0.25, 0.3) is 0 Å². The van der Waals surface area contributed by atoms with E-state index in [0.717, 1.165) is 12.2 Å². The first-order valence-electron chi connectivity index (χ1n) is 6.72. The minimum Gasteiger partial charge on any atom is -0.439 e. The van der Waals surface area contributed by atoms with Gasteiger partial charge in [-0.2, -0.15) is 0 Å². The van der Waals surface area contributed by atoms with E-state index in [0.29, 0.717) is 10.9 Å². The van der Waals surface area contributed by atoms with Gasteiger partial charge in [-0.25, -0.2) is 4.98 Å². The van der Waals surface area contributed by atoms with E-state index in [2.05, 4.69) is 41.4 Å². The van der Waals surface area contributed by atoms with Gasteiger partial charge in [0.15, 0.2) is 0 Å². The molecule has 1 heterocycles. The SMILES string of the molecule is Clc1ccc(Oc2ccc(Cc3ccccc3)cc2)nc1. The van der Waals surface area contributed by atoms with Crippen molar-refractivity contribution in [2.24, 2.45) is 0 Å². The third-order valence-corrected chi connectivity index (χ3v) is 3.32. The summed E-state index contributed by atoms with van der Waals surface area (Å²) in [5, 5.41) is 0.598. The van der Waals surface area contributed by atoms with Gasteiger partial charge in [-0.3, -0.25) is 0 Å². The van der Waals surface area contributed by atoms with E-state index in [1.807, 2.05) is 18.2 Å². The van der Waals surface area contributed by atoms with Crippen LogP contribution in [0.1, 0.15) is 11.1 Å². The second kappa shape index (κ2) is 6.42. The molecule has 0 saturated heterocycles. The zero-order valence-corrected chi connectivity index (χ0v) is 12.1. The Kier molecular flexibility index (Phi) is 4.17. The maximum absolute atomic E-state index is 5.79. The Morgan fingerprint density at radius 1 is 0.810 bits per heavy atom. The van der Waals surface area contributed by atoms with E-state index < -0.39 is 0 Å². The van der Waals surface area contributed by atoms with Gasteiger partial charge in [0.05, 0.1) is 5.02 Å². The number of pyridine rings is 1. The standard InChI is InChI=1S/C18H14ClNO/c19-16-8-11-18(20-13-16)21-17-9-6-15(7-10-17)12-14-4-2-1-3-5-14/h1-11,13H,12H2. The minimum atomic E-state index is 0.537. The summed E-state index contributed by atoms with van der Waals surface area (Å²) < 4.78 is 5.67. The van der Waals surface area contributed by atoms with Crippen LogP contribution < -0.4 is 4.74 Å². The molecule has 0 aliphatic carbocycles. The Morgan fingerprint density at radius 2 is 1.52 bits per heavy atom. The molecule has 3 aromatic rings. The van der Waals surface area contributed by atoms with Crippen molar-refractivity contribution in [3.8, 4) is 11.6 Å². The predicted molar refractivity (Wildman–Crippen MR) is 85.0 cm³/mol. The number of hydrogen-bond acceptors (Lipinski definition) is 2. The number of benzene rings is 2. The summed E-state index contributed by atoms with van der Waals surface area (Å²) in [5.74, 6) is 1.30. The molecule has 0 fully saturated rings. The summed E-state index contributed by atoms with van der Waals surface area (Å²) in [6, 6.07) is 21.9. The fourth-order valence-electron chi connectivity index (χ4n) is 2.05.